The first-order valence-corrected chi connectivity index (χ1v) is 12.4. The number of aromatic nitrogens is 2. The van der Waals surface area contributed by atoms with Crippen LogP contribution in [-0.2, 0) is 17.5 Å². The van der Waals surface area contributed by atoms with Crippen LogP contribution in [0.4, 0.5) is 0 Å². The van der Waals surface area contributed by atoms with Crippen molar-refractivity contribution in [2.75, 3.05) is 0 Å². The highest BCUT2D eigenvalue weighted by atomic mass is 31.2. The highest BCUT2D eigenvalue weighted by Crippen LogP contribution is 2.48. The Morgan fingerprint density at radius 2 is 1.66 bits per heavy atom. The van der Waals surface area contributed by atoms with Crippen LogP contribution in [0.5, 0.6) is 0 Å². The molecule has 2 aromatic heterocycles. The minimum atomic E-state index is -4.81. The van der Waals surface area contributed by atoms with Crippen molar-refractivity contribution in [1.82, 2.24) is 0 Å². The zero-order valence-electron chi connectivity index (χ0n) is 18.1. The number of pyridine rings is 2. The van der Waals surface area contributed by atoms with Gasteiger partial charge in [0, 0.05) is 36.4 Å². The molecular formula is C26H27N2O3P. The lowest BCUT2D eigenvalue weighted by Gasteiger charge is -2.46. The van der Waals surface area contributed by atoms with Gasteiger partial charge < -0.3 is 14.4 Å². The summed E-state index contributed by atoms with van der Waals surface area (Å²) in [5.41, 5.74) is 4.55. The average Bonchev–Trinajstić information content (AvgIpc) is 2.80. The van der Waals surface area contributed by atoms with Gasteiger partial charge in [-0.2, -0.15) is 4.57 Å². The van der Waals surface area contributed by atoms with Gasteiger partial charge in [0.2, 0.25) is 5.69 Å². The third-order valence-electron chi connectivity index (χ3n) is 5.93. The second-order valence-corrected chi connectivity index (χ2v) is 10.2. The molecule has 0 fully saturated rings. The van der Waals surface area contributed by atoms with Gasteiger partial charge in [0.25, 0.3) is 0 Å². The molecule has 164 valence electrons. The second-order valence-electron chi connectivity index (χ2n) is 8.27. The van der Waals surface area contributed by atoms with E-state index in [0.717, 1.165) is 29.7 Å². The molecule has 0 amide bonds. The van der Waals surface area contributed by atoms with Crippen LogP contribution >= 0.6 is 7.60 Å². The number of aryl methyl sites for hydroxylation is 1. The third kappa shape index (κ3) is 4.81. The van der Waals surface area contributed by atoms with Gasteiger partial charge in [-0.25, -0.2) is 4.57 Å². The lowest BCUT2D eigenvalue weighted by Crippen LogP contribution is -2.50. The summed E-state index contributed by atoms with van der Waals surface area (Å²) in [6.45, 7) is 2.28. The van der Waals surface area contributed by atoms with E-state index in [1.807, 2.05) is 36.9 Å². The Hall–Kier alpha value is -2.85. The zero-order valence-corrected chi connectivity index (χ0v) is 19.0. The van der Waals surface area contributed by atoms with Crippen LogP contribution in [0, 0.1) is 0 Å². The Morgan fingerprint density at radius 1 is 0.969 bits per heavy atom. The Labute approximate surface area is 189 Å². The molecule has 0 bridgehead atoms. The van der Waals surface area contributed by atoms with Crippen molar-refractivity contribution in [3.63, 3.8) is 0 Å². The van der Waals surface area contributed by atoms with E-state index in [2.05, 4.69) is 47.9 Å². The van der Waals surface area contributed by atoms with Crippen LogP contribution in [0.2, 0.25) is 0 Å². The molecule has 0 radical (unpaired) electrons. The molecule has 32 heavy (non-hydrogen) atoms. The van der Waals surface area contributed by atoms with E-state index >= 15 is 0 Å². The molecule has 5 nitrogen and oxygen atoms in total. The maximum Gasteiger partial charge on any atom is 0.210 e. The average molecular weight is 446 g/mol. The first kappa shape index (κ1) is 22.3. The molecule has 0 aliphatic heterocycles. The third-order valence-corrected chi connectivity index (χ3v) is 7.49. The number of allylic oxidation sites excluding steroid dienone is 4. The Kier molecular flexibility index (Phi) is 6.52. The van der Waals surface area contributed by atoms with Gasteiger partial charge >= 0.3 is 0 Å². The monoisotopic (exact) mass is 446 g/mol. The molecule has 1 aliphatic rings. The van der Waals surface area contributed by atoms with Gasteiger partial charge in [0.1, 0.15) is 0 Å². The molecule has 0 saturated heterocycles. The molecule has 0 saturated carbocycles. The van der Waals surface area contributed by atoms with Crippen LogP contribution < -0.4 is 18.9 Å². The number of benzene rings is 1. The van der Waals surface area contributed by atoms with Crippen LogP contribution in [0.25, 0.3) is 16.8 Å². The molecular weight excluding hydrogens is 419 g/mol. The van der Waals surface area contributed by atoms with Crippen LogP contribution in [0.15, 0.2) is 97.6 Å². The standard InChI is InChI=1S/C26H27N2O3P/c1-2-7-22-8-6-9-25(20-22)28-18-12-24(13-19-28)23-10-16-27(17-11-23)21-26(32(29,30)31)14-4-3-5-15-26/h3-6,8-14,16-20H,2,7,15,21H2,1H3. The fourth-order valence-electron chi connectivity index (χ4n) is 4.08. The van der Waals surface area contributed by atoms with Crippen molar-refractivity contribution in [2.45, 2.75) is 37.9 Å². The van der Waals surface area contributed by atoms with E-state index in [4.69, 9.17) is 0 Å². The normalized spacial score (nSPS) is 18.1. The molecule has 0 spiro atoms. The van der Waals surface area contributed by atoms with Gasteiger partial charge in [0.15, 0.2) is 31.3 Å². The van der Waals surface area contributed by atoms with Crippen molar-refractivity contribution in [1.29, 1.82) is 0 Å². The summed E-state index contributed by atoms with van der Waals surface area (Å²) < 4.78 is 15.8. The van der Waals surface area contributed by atoms with E-state index < -0.39 is 12.8 Å². The summed E-state index contributed by atoms with van der Waals surface area (Å²) in [6.07, 6.45) is 16.8. The number of rotatable bonds is 7. The molecule has 1 unspecified atom stereocenters. The summed E-state index contributed by atoms with van der Waals surface area (Å²) in [4.78, 5) is 24.0. The second kappa shape index (κ2) is 9.33. The van der Waals surface area contributed by atoms with E-state index in [1.54, 1.807) is 22.8 Å². The van der Waals surface area contributed by atoms with Gasteiger partial charge in [-0.15, -0.1) is 0 Å². The molecule has 0 N–H and O–H groups in total. The number of hydrogen-bond acceptors (Lipinski definition) is 3. The van der Waals surface area contributed by atoms with Crippen molar-refractivity contribution in [3.8, 4) is 16.8 Å². The largest absolute Gasteiger partial charge is 0.810 e. The van der Waals surface area contributed by atoms with Gasteiger partial charge in [-0.05, 0) is 29.5 Å². The van der Waals surface area contributed by atoms with Crippen molar-refractivity contribution < 1.29 is 23.5 Å². The molecule has 6 heteroatoms. The number of hydrogen-bond donors (Lipinski definition) is 0. The topological polar surface area (TPSA) is 71.0 Å². The lowest BCUT2D eigenvalue weighted by molar-refractivity contribution is -0.700. The predicted octanol–water partition coefficient (Wildman–Crippen LogP) is 3.04. The minimum absolute atomic E-state index is 0.0985. The van der Waals surface area contributed by atoms with Crippen molar-refractivity contribution in [3.05, 3.63) is 103 Å². The van der Waals surface area contributed by atoms with Gasteiger partial charge in [-0.3, -0.25) is 0 Å². The molecule has 4 rings (SSSR count). The van der Waals surface area contributed by atoms with E-state index in [1.165, 1.54) is 11.6 Å². The van der Waals surface area contributed by atoms with Gasteiger partial charge in [-0.1, -0.05) is 57.4 Å². The maximum atomic E-state index is 12.0. The van der Waals surface area contributed by atoms with Crippen molar-refractivity contribution >= 4 is 7.60 Å². The zero-order chi connectivity index (χ0) is 22.6. The molecule has 1 aromatic carbocycles. The highest BCUT2D eigenvalue weighted by Gasteiger charge is 2.35. The summed E-state index contributed by atoms with van der Waals surface area (Å²) in [5.74, 6) is 0. The Morgan fingerprint density at radius 3 is 2.25 bits per heavy atom. The van der Waals surface area contributed by atoms with Gasteiger partial charge in [0.05, 0.1) is 5.16 Å². The highest BCUT2D eigenvalue weighted by molar-refractivity contribution is 7.50. The Balaban J connectivity index is 1.52. The van der Waals surface area contributed by atoms with E-state index in [9.17, 15) is 14.4 Å². The molecule has 1 aliphatic carbocycles. The summed E-state index contributed by atoms with van der Waals surface area (Å²) in [6, 6.07) is 16.6. The van der Waals surface area contributed by atoms with Crippen LogP contribution in [0.1, 0.15) is 25.3 Å². The van der Waals surface area contributed by atoms with Crippen LogP contribution in [0.3, 0.4) is 0 Å². The molecule has 3 aromatic rings. The Bertz CT molecular complexity index is 1180. The van der Waals surface area contributed by atoms with E-state index in [0.29, 0.717) is 0 Å². The summed E-state index contributed by atoms with van der Waals surface area (Å²) in [7, 11) is -4.81. The quantitative estimate of drug-likeness (QED) is 0.414. The number of nitrogens with zero attached hydrogens (tertiary/aromatic N) is 2. The fraction of sp³-hybridized carbons (Fsp3) is 0.231. The fourth-order valence-corrected chi connectivity index (χ4v) is 5.02. The van der Waals surface area contributed by atoms with Crippen LogP contribution in [-0.4, -0.2) is 5.16 Å². The van der Waals surface area contributed by atoms with E-state index in [-0.39, 0.29) is 13.0 Å². The summed E-state index contributed by atoms with van der Waals surface area (Å²) >= 11 is 0. The SMILES string of the molecule is CCCc1cccc(-[n+]2ccc(-c3cc[n+](CC4(P(=O)([O-])[O-])C=CC=CC4)cc3)cc2)c1. The first-order valence-electron chi connectivity index (χ1n) is 10.9. The predicted molar refractivity (Wildman–Crippen MR) is 121 cm³/mol. The lowest BCUT2D eigenvalue weighted by atomic mass is 9.99. The molecule has 2 heterocycles. The van der Waals surface area contributed by atoms with Crippen molar-refractivity contribution in [2.24, 2.45) is 0 Å². The minimum Gasteiger partial charge on any atom is -0.810 e. The summed E-state index contributed by atoms with van der Waals surface area (Å²) in [5, 5.41) is -1.42. The smallest absolute Gasteiger partial charge is 0.210 e. The maximum absolute atomic E-state index is 12.0. The first-order chi connectivity index (χ1) is 15.4. The molecule has 1 atom stereocenters.